The molecule has 0 bridgehead atoms. The molecule has 0 unspecified atom stereocenters. The van der Waals surface area contributed by atoms with E-state index in [4.69, 9.17) is 21.1 Å². The van der Waals surface area contributed by atoms with Gasteiger partial charge in [0.25, 0.3) is 11.8 Å². The van der Waals surface area contributed by atoms with Gasteiger partial charge in [-0.3, -0.25) is 9.59 Å². The van der Waals surface area contributed by atoms with Crippen molar-refractivity contribution >= 4 is 29.2 Å². The fourth-order valence-corrected chi connectivity index (χ4v) is 7.00. The van der Waals surface area contributed by atoms with E-state index in [1.165, 1.54) is 42.1 Å². The highest BCUT2D eigenvalue weighted by molar-refractivity contribution is 6.30. The van der Waals surface area contributed by atoms with E-state index >= 15 is 4.39 Å². The molecule has 2 aliphatic heterocycles. The van der Waals surface area contributed by atoms with Gasteiger partial charge in [0.2, 0.25) is 0 Å². The van der Waals surface area contributed by atoms with Crippen molar-refractivity contribution in [2.45, 2.75) is 66.1 Å². The molecule has 0 atom stereocenters. The van der Waals surface area contributed by atoms with Crippen LogP contribution in [0.2, 0.25) is 5.15 Å². The Labute approximate surface area is 312 Å². The van der Waals surface area contributed by atoms with Gasteiger partial charge in [0, 0.05) is 49.2 Å². The summed E-state index contributed by atoms with van der Waals surface area (Å²) in [6.45, 7) is 12.8. The van der Waals surface area contributed by atoms with E-state index in [1.807, 2.05) is 20.8 Å². The molecule has 1 N–H and O–H groups in total. The Hall–Kier alpha value is -4.95. The van der Waals surface area contributed by atoms with Gasteiger partial charge in [0.15, 0.2) is 22.5 Å². The second-order valence-electron chi connectivity index (χ2n) is 14.0. The number of carbonyl (C=O) groups is 2. The van der Waals surface area contributed by atoms with Gasteiger partial charge < -0.3 is 29.5 Å². The monoisotopic (exact) mass is 748 g/mol. The minimum absolute atomic E-state index is 0.00124. The van der Waals surface area contributed by atoms with Gasteiger partial charge in [-0.05, 0) is 90.9 Å². The van der Waals surface area contributed by atoms with Gasteiger partial charge in [-0.2, -0.15) is 0 Å². The van der Waals surface area contributed by atoms with Crippen molar-refractivity contribution < 1.29 is 27.8 Å². The van der Waals surface area contributed by atoms with Crippen LogP contribution in [0.4, 0.5) is 14.6 Å². The van der Waals surface area contributed by atoms with Crippen molar-refractivity contribution in [1.29, 1.82) is 0 Å². The quantitative estimate of drug-likeness (QED) is 0.153. The predicted octanol–water partition coefficient (Wildman–Crippen LogP) is 6.89. The summed E-state index contributed by atoms with van der Waals surface area (Å²) in [5, 5.41) is 3.42. The smallest absolute Gasteiger partial charge is 0.258 e. The molecule has 2 aromatic carbocycles. The van der Waals surface area contributed by atoms with Crippen LogP contribution in [-0.2, 0) is 6.54 Å². The van der Waals surface area contributed by atoms with Crippen LogP contribution in [-0.4, -0.2) is 86.4 Å². The molecule has 6 rings (SSSR count). The summed E-state index contributed by atoms with van der Waals surface area (Å²) in [6.07, 6.45) is 7.67. The van der Waals surface area contributed by atoms with E-state index in [-0.39, 0.29) is 57.1 Å². The van der Waals surface area contributed by atoms with Gasteiger partial charge in [0.05, 0.1) is 23.5 Å². The number of hydrogen-bond donors (Lipinski definition) is 1. The number of ether oxygens (including phenoxy) is 2. The first-order valence-electron chi connectivity index (χ1n) is 17.7. The molecule has 53 heavy (non-hydrogen) atoms. The van der Waals surface area contributed by atoms with Crippen LogP contribution < -0.4 is 19.7 Å². The third-order valence-corrected chi connectivity index (χ3v) is 10.0. The normalized spacial score (nSPS) is 15.0. The lowest BCUT2D eigenvalue weighted by atomic mass is 9.72. The van der Waals surface area contributed by atoms with Crippen LogP contribution in [0.1, 0.15) is 73.7 Å². The van der Waals surface area contributed by atoms with Gasteiger partial charge in [0.1, 0.15) is 35.8 Å². The molecule has 0 aliphatic carbocycles. The maximum Gasteiger partial charge on any atom is 0.258 e. The summed E-state index contributed by atoms with van der Waals surface area (Å²) in [7, 11) is 0. The largest absolute Gasteiger partial charge is 0.452 e. The zero-order valence-electron chi connectivity index (χ0n) is 30.4. The third-order valence-electron chi connectivity index (χ3n) is 9.75. The Morgan fingerprint density at radius 3 is 2.15 bits per heavy atom. The van der Waals surface area contributed by atoms with Crippen molar-refractivity contribution in [2.75, 3.05) is 37.6 Å². The van der Waals surface area contributed by atoms with Crippen LogP contribution in [0, 0.1) is 17.0 Å². The molecule has 2 aliphatic rings. The van der Waals surface area contributed by atoms with Gasteiger partial charge in [-0.15, -0.1) is 0 Å². The maximum atomic E-state index is 16.2. The number of hydrogen-bond acceptors (Lipinski definition) is 10. The van der Waals surface area contributed by atoms with Crippen molar-refractivity contribution in [2.24, 2.45) is 5.41 Å². The highest BCUT2D eigenvalue weighted by Crippen LogP contribution is 2.44. The summed E-state index contributed by atoms with van der Waals surface area (Å²) in [5.74, 6) is -1.40. The van der Waals surface area contributed by atoms with Gasteiger partial charge >= 0.3 is 0 Å². The molecule has 2 amide bonds. The topological polar surface area (TPSA) is 126 Å². The first-order chi connectivity index (χ1) is 25.4. The molecule has 280 valence electrons. The molecule has 4 aromatic rings. The number of anilines is 1. The molecule has 0 saturated carbocycles. The summed E-state index contributed by atoms with van der Waals surface area (Å²) in [6, 6.07) is 5.42. The van der Waals surface area contributed by atoms with Crippen LogP contribution >= 0.6 is 11.6 Å². The number of rotatable bonds is 12. The zero-order chi connectivity index (χ0) is 37.9. The average molecular weight is 749 g/mol. The Kier molecular flexibility index (Phi) is 11.4. The fraction of sp³-hybridized carbons (Fsp3) is 0.421. The lowest BCUT2D eigenvalue weighted by molar-refractivity contribution is 0.0680. The number of nitrogens with zero attached hydrogens (tertiary/aromatic N) is 7. The molecule has 1 spiro atoms. The average Bonchev–Trinajstić information content (AvgIpc) is 3.12. The molecule has 2 fully saturated rings. The second-order valence-corrected chi connectivity index (χ2v) is 14.3. The van der Waals surface area contributed by atoms with Gasteiger partial charge in [-0.1, -0.05) is 11.6 Å². The highest BCUT2D eigenvalue weighted by Gasteiger charge is 2.45. The molecule has 4 heterocycles. The standard InChI is InChI=1S/C38H43ClF2N8O4/c1-6-48(23(2)3)36(50)28-15-29(41)25(13-31(28)53-33-17-44-22-46-35(33)47-19-38(20-47)9-11-42-12-10-38)18-49(24(4)5)37(51)27-14-26(40)7-8-30(27)52-32-16-43-21-45-34(32)39/h7-8,13-17,21-24,42H,6,9-12,18-20H2,1-5H3. The summed E-state index contributed by atoms with van der Waals surface area (Å²) in [5.41, 5.74) is 0.169. The maximum absolute atomic E-state index is 16.2. The van der Waals surface area contributed by atoms with Crippen LogP contribution in [0.25, 0.3) is 0 Å². The summed E-state index contributed by atoms with van der Waals surface area (Å²) >= 11 is 6.16. The minimum Gasteiger partial charge on any atom is -0.452 e. The van der Waals surface area contributed by atoms with Crippen molar-refractivity contribution in [3.05, 3.63) is 88.9 Å². The summed E-state index contributed by atoms with van der Waals surface area (Å²) < 4.78 is 43.2. The zero-order valence-corrected chi connectivity index (χ0v) is 31.2. The van der Waals surface area contributed by atoms with E-state index < -0.39 is 29.5 Å². The van der Waals surface area contributed by atoms with E-state index in [0.29, 0.717) is 18.1 Å². The lowest BCUT2D eigenvalue weighted by Crippen LogP contribution is -2.60. The second kappa shape index (κ2) is 16.0. The fourth-order valence-electron chi connectivity index (χ4n) is 6.87. The highest BCUT2D eigenvalue weighted by atomic mass is 35.5. The van der Waals surface area contributed by atoms with Crippen LogP contribution in [0.5, 0.6) is 23.0 Å². The number of nitrogens with one attached hydrogen (secondary N) is 1. The van der Waals surface area contributed by atoms with E-state index in [9.17, 15) is 14.0 Å². The van der Waals surface area contributed by atoms with Crippen molar-refractivity contribution in [3.8, 4) is 23.0 Å². The Morgan fingerprint density at radius 2 is 1.49 bits per heavy atom. The van der Waals surface area contributed by atoms with Crippen LogP contribution in [0.3, 0.4) is 0 Å². The molecule has 12 nitrogen and oxygen atoms in total. The molecule has 2 saturated heterocycles. The molecular formula is C38H43ClF2N8O4. The van der Waals surface area contributed by atoms with E-state index in [0.717, 1.165) is 57.2 Å². The van der Waals surface area contributed by atoms with Crippen molar-refractivity contribution in [1.82, 2.24) is 35.1 Å². The molecule has 0 radical (unpaired) electrons. The number of amides is 2. The molecule has 15 heteroatoms. The molecule has 2 aromatic heterocycles. The Morgan fingerprint density at radius 1 is 0.868 bits per heavy atom. The number of piperidine rings is 1. The Balaban J connectivity index is 1.35. The number of halogens is 3. The lowest BCUT2D eigenvalue weighted by Gasteiger charge is -2.53. The predicted molar refractivity (Wildman–Crippen MR) is 196 cm³/mol. The van der Waals surface area contributed by atoms with E-state index in [2.05, 4.69) is 30.2 Å². The number of benzene rings is 2. The number of aromatic nitrogens is 4. The summed E-state index contributed by atoms with van der Waals surface area (Å²) in [4.78, 5) is 49.8. The third kappa shape index (κ3) is 8.18. The number of carbonyl (C=O) groups excluding carboxylic acids is 2. The molecular weight excluding hydrogens is 706 g/mol. The Bertz CT molecular complexity index is 1970. The first kappa shape index (κ1) is 37.8. The van der Waals surface area contributed by atoms with E-state index in [1.54, 1.807) is 18.7 Å². The van der Waals surface area contributed by atoms with Crippen LogP contribution in [0.15, 0.2) is 55.4 Å². The first-order valence-corrected chi connectivity index (χ1v) is 18.1. The van der Waals surface area contributed by atoms with Gasteiger partial charge in [-0.25, -0.2) is 28.7 Å². The SMILES string of the molecule is CCN(C(=O)c1cc(F)c(CN(C(=O)c2cc(F)ccc2Oc2cncnc2Cl)C(C)C)cc1Oc1cncnc1N1CC2(CCNCC2)C1)C(C)C. The minimum atomic E-state index is -0.719. The van der Waals surface area contributed by atoms with Crippen molar-refractivity contribution in [3.63, 3.8) is 0 Å².